The molecule has 2 amide bonds. The third-order valence-corrected chi connectivity index (χ3v) is 15.8. The average Bonchev–Trinajstić information content (AvgIpc) is 3.79. The molecule has 0 aliphatic carbocycles. The van der Waals surface area contributed by atoms with Crippen molar-refractivity contribution in [3.8, 4) is 23.0 Å². The molecular formula is C60H69N7O4. The minimum atomic E-state index is -0.942. The van der Waals surface area contributed by atoms with Crippen LogP contribution in [0.5, 0.6) is 23.0 Å². The SMILES string of the molecule is CCN(CC)c1ccc2c(c1)Oc1cc(N(CC)CC)ccc1C21c2ccccc2C(=O)N1CCNCCN1C(=O)c2ccccc2C12c1ccc(N(CC)CC)cc1Oc1cc(N(CC)CC)ccc12. The van der Waals surface area contributed by atoms with Crippen LogP contribution in [0.2, 0.25) is 0 Å². The molecule has 0 fully saturated rings. The number of hydrogen-bond donors (Lipinski definition) is 1. The summed E-state index contributed by atoms with van der Waals surface area (Å²) in [5, 5.41) is 3.75. The highest BCUT2D eigenvalue weighted by molar-refractivity contribution is 6.03. The van der Waals surface area contributed by atoms with Gasteiger partial charge in [0.1, 0.15) is 34.1 Å². The minimum absolute atomic E-state index is 0.0189. The van der Waals surface area contributed by atoms with Crippen LogP contribution in [0.1, 0.15) is 109 Å². The number of ether oxygens (including phenoxy) is 2. The van der Waals surface area contributed by atoms with Crippen molar-refractivity contribution in [2.45, 2.75) is 66.5 Å². The first-order chi connectivity index (χ1) is 34.7. The van der Waals surface area contributed by atoms with Gasteiger partial charge >= 0.3 is 0 Å². The Morgan fingerprint density at radius 1 is 0.394 bits per heavy atom. The van der Waals surface area contributed by atoms with Gasteiger partial charge in [-0.05, 0) is 103 Å². The summed E-state index contributed by atoms with van der Waals surface area (Å²) < 4.78 is 13.9. The minimum Gasteiger partial charge on any atom is -0.456 e. The Morgan fingerprint density at radius 3 is 0.958 bits per heavy atom. The molecule has 368 valence electrons. The van der Waals surface area contributed by atoms with Gasteiger partial charge in [0.25, 0.3) is 11.8 Å². The summed E-state index contributed by atoms with van der Waals surface area (Å²) in [5.74, 6) is 2.98. The summed E-state index contributed by atoms with van der Waals surface area (Å²) in [5.41, 5.74) is 9.52. The lowest BCUT2D eigenvalue weighted by molar-refractivity contribution is 0.0658. The standard InChI is InChI=1S/C60H69N7O4/c1-9-62(10-2)41-25-29-49-53(37-41)70-54-38-42(63(11-3)12-4)26-30-50(54)59(49)47-23-19-17-21-45(47)57(68)66(59)35-33-61-34-36-67-58(69)46-22-18-20-24-48(46)60(67)51-31-27-43(64(13-5)14-6)39-55(51)71-56-40-44(28-32-52(56)60)65(15-7)16-8/h17-32,37-40,61H,9-16,33-36H2,1-8H3. The fourth-order valence-corrected chi connectivity index (χ4v) is 12.3. The second-order valence-corrected chi connectivity index (χ2v) is 18.8. The molecule has 0 aromatic heterocycles. The second kappa shape index (κ2) is 19.3. The monoisotopic (exact) mass is 952 g/mol. The lowest BCUT2D eigenvalue weighted by Gasteiger charge is -2.45. The van der Waals surface area contributed by atoms with Crippen LogP contribution in [-0.4, -0.2) is 100 Å². The first-order valence-electron chi connectivity index (χ1n) is 26.1. The van der Waals surface area contributed by atoms with Gasteiger partial charge in [-0.25, -0.2) is 0 Å². The maximum atomic E-state index is 15.1. The van der Waals surface area contributed by atoms with Crippen molar-refractivity contribution < 1.29 is 19.1 Å². The quantitative estimate of drug-likeness (QED) is 0.0847. The number of carbonyl (C=O) groups is 2. The Kier molecular flexibility index (Phi) is 13.0. The van der Waals surface area contributed by atoms with Crippen LogP contribution in [0.4, 0.5) is 22.7 Å². The molecule has 4 aliphatic heterocycles. The van der Waals surface area contributed by atoms with Gasteiger partial charge in [0.2, 0.25) is 0 Å². The average molecular weight is 952 g/mol. The van der Waals surface area contributed by atoms with Crippen molar-refractivity contribution in [1.29, 1.82) is 0 Å². The van der Waals surface area contributed by atoms with Gasteiger partial charge in [0, 0.05) is 159 Å². The normalized spacial score (nSPS) is 15.1. The predicted octanol–water partition coefficient (Wildman–Crippen LogP) is 11.1. The molecule has 6 aromatic carbocycles. The van der Waals surface area contributed by atoms with E-state index in [-0.39, 0.29) is 11.8 Å². The van der Waals surface area contributed by atoms with Gasteiger partial charge < -0.3 is 44.2 Å². The van der Waals surface area contributed by atoms with Gasteiger partial charge in [-0.15, -0.1) is 0 Å². The summed E-state index contributed by atoms with van der Waals surface area (Å²) in [6.45, 7) is 26.0. The molecule has 0 bridgehead atoms. The second-order valence-electron chi connectivity index (χ2n) is 18.8. The van der Waals surface area contributed by atoms with E-state index in [1.54, 1.807) is 0 Å². The van der Waals surface area contributed by atoms with Crippen molar-refractivity contribution in [1.82, 2.24) is 15.1 Å². The smallest absolute Gasteiger partial charge is 0.255 e. The number of fused-ring (bicyclic) bond motifs is 12. The van der Waals surface area contributed by atoms with Gasteiger partial charge in [-0.3, -0.25) is 9.59 Å². The number of nitrogens with zero attached hydrogens (tertiary/aromatic N) is 6. The molecule has 71 heavy (non-hydrogen) atoms. The Balaban J connectivity index is 1.02. The van der Waals surface area contributed by atoms with Crippen molar-refractivity contribution in [2.75, 3.05) is 98.1 Å². The van der Waals surface area contributed by atoms with E-state index in [0.29, 0.717) is 37.3 Å². The first-order valence-corrected chi connectivity index (χ1v) is 26.1. The zero-order valence-corrected chi connectivity index (χ0v) is 42.8. The maximum absolute atomic E-state index is 15.1. The van der Waals surface area contributed by atoms with Crippen molar-refractivity contribution in [3.63, 3.8) is 0 Å². The number of anilines is 4. The fourth-order valence-electron chi connectivity index (χ4n) is 12.3. The van der Waals surface area contributed by atoms with Gasteiger partial charge in [0.05, 0.1) is 0 Å². The molecule has 0 saturated heterocycles. The molecule has 0 atom stereocenters. The lowest BCUT2D eigenvalue weighted by Crippen LogP contribution is -2.51. The third-order valence-electron chi connectivity index (χ3n) is 15.8. The number of nitrogens with one attached hydrogen (secondary N) is 1. The largest absolute Gasteiger partial charge is 0.456 e. The van der Waals surface area contributed by atoms with Crippen molar-refractivity contribution in [3.05, 3.63) is 166 Å². The molecular weight excluding hydrogens is 883 g/mol. The summed E-state index contributed by atoms with van der Waals surface area (Å²) in [7, 11) is 0. The number of carbonyl (C=O) groups excluding carboxylic acids is 2. The van der Waals surface area contributed by atoms with Gasteiger partial charge in [-0.2, -0.15) is 0 Å². The number of amides is 2. The van der Waals surface area contributed by atoms with E-state index in [9.17, 15) is 0 Å². The zero-order chi connectivity index (χ0) is 49.6. The van der Waals surface area contributed by atoms with E-state index in [1.807, 2.05) is 36.4 Å². The van der Waals surface area contributed by atoms with Crippen LogP contribution in [-0.2, 0) is 11.1 Å². The highest BCUT2D eigenvalue weighted by atomic mass is 16.5. The van der Waals surface area contributed by atoms with E-state index in [1.165, 1.54) is 0 Å². The van der Waals surface area contributed by atoms with Crippen molar-refractivity contribution >= 4 is 34.6 Å². The molecule has 6 aromatic rings. The molecule has 4 aliphatic rings. The highest BCUT2D eigenvalue weighted by Crippen LogP contribution is 2.60. The number of rotatable bonds is 18. The molecule has 1 N–H and O–H groups in total. The molecule has 10 rings (SSSR count). The molecule has 0 unspecified atom stereocenters. The van der Waals surface area contributed by atoms with Crippen LogP contribution in [0.3, 0.4) is 0 Å². The van der Waals surface area contributed by atoms with Crippen LogP contribution >= 0.6 is 0 Å². The van der Waals surface area contributed by atoms with E-state index < -0.39 is 11.1 Å². The Labute approximate surface area is 420 Å². The van der Waals surface area contributed by atoms with Crippen LogP contribution in [0.15, 0.2) is 121 Å². The Hall–Kier alpha value is -6.98. The van der Waals surface area contributed by atoms with E-state index in [2.05, 4.69) is 175 Å². The van der Waals surface area contributed by atoms with Gasteiger partial charge in [-0.1, -0.05) is 60.7 Å². The third kappa shape index (κ3) is 7.32. The predicted molar refractivity (Wildman–Crippen MR) is 288 cm³/mol. The number of benzene rings is 6. The van der Waals surface area contributed by atoms with Crippen molar-refractivity contribution in [2.24, 2.45) is 0 Å². The summed E-state index contributed by atoms with van der Waals surface area (Å²) in [6.07, 6.45) is 0. The zero-order valence-electron chi connectivity index (χ0n) is 42.8. The molecule has 11 nitrogen and oxygen atoms in total. The molecule has 2 spiro atoms. The maximum Gasteiger partial charge on any atom is 0.255 e. The van der Waals surface area contributed by atoms with Crippen LogP contribution in [0.25, 0.3) is 0 Å². The molecule has 0 radical (unpaired) electrons. The number of hydrogen-bond acceptors (Lipinski definition) is 9. The first kappa shape index (κ1) is 47.7. The van der Waals surface area contributed by atoms with E-state index in [4.69, 9.17) is 9.47 Å². The summed E-state index contributed by atoms with van der Waals surface area (Å²) in [6, 6.07) is 42.2. The molecule has 4 heterocycles. The topological polar surface area (TPSA) is 84.1 Å². The fraction of sp³-hybridized carbons (Fsp3) is 0.367. The summed E-state index contributed by atoms with van der Waals surface area (Å²) >= 11 is 0. The van der Waals surface area contributed by atoms with Crippen LogP contribution < -0.4 is 34.4 Å². The lowest BCUT2D eigenvalue weighted by atomic mass is 9.74. The van der Waals surface area contributed by atoms with E-state index in [0.717, 1.165) is 131 Å². The van der Waals surface area contributed by atoms with Gasteiger partial charge in [0.15, 0.2) is 0 Å². The molecule has 0 saturated carbocycles. The molecule has 11 heteroatoms. The van der Waals surface area contributed by atoms with E-state index >= 15 is 9.59 Å². The van der Waals surface area contributed by atoms with Crippen LogP contribution in [0, 0.1) is 0 Å². The highest BCUT2D eigenvalue weighted by Gasteiger charge is 2.58. The Bertz CT molecular complexity index is 2650. The Morgan fingerprint density at radius 2 is 0.676 bits per heavy atom. The summed E-state index contributed by atoms with van der Waals surface area (Å²) in [4.78, 5) is 43.6.